The second-order valence-corrected chi connectivity index (χ2v) is 7.30. The summed E-state index contributed by atoms with van der Waals surface area (Å²) < 4.78 is 1.54. The molecular formula is C19H19N3O3S. The Morgan fingerprint density at radius 3 is 2.62 bits per heavy atom. The van der Waals surface area contributed by atoms with Gasteiger partial charge in [0.1, 0.15) is 5.01 Å². The third kappa shape index (κ3) is 3.43. The zero-order chi connectivity index (χ0) is 18.8. The van der Waals surface area contributed by atoms with Crippen molar-refractivity contribution in [3.05, 3.63) is 57.6 Å². The van der Waals surface area contributed by atoms with Gasteiger partial charge in [-0.3, -0.25) is 9.78 Å². The average molecular weight is 369 g/mol. The molecule has 0 unspecified atom stereocenters. The van der Waals surface area contributed by atoms with Gasteiger partial charge in [-0.1, -0.05) is 13.8 Å². The van der Waals surface area contributed by atoms with Crippen LogP contribution >= 0.6 is 11.3 Å². The van der Waals surface area contributed by atoms with Crippen molar-refractivity contribution >= 4 is 17.3 Å². The number of carboxylic acids is 1. The van der Waals surface area contributed by atoms with Gasteiger partial charge in [-0.05, 0) is 31.0 Å². The normalized spacial score (nSPS) is 11.1. The summed E-state index contributed by atoms with van der Waals surface area (Å²) in [4.78, 5) is 33.1. The van der Waals surface area contributed by atoms with Crippen molar-refractivity contribution in [3.63, 3.8) is 0 Å². The molecule has 0 amide bonds. The van der Waals surface area contributed by atoms with E-state index >= 15 is 0 Å². The molecule has 7 heteroatoms. The van der Waals surface area contributed by atoms with Crippen molar-refractivity contribution < 1.29 is 9.90 Å². The third-order valence-corrected chi connectivity index (χ3v) is 4.94. The Bertz CT molecular complexity index is 1010. The molecule has 0 saturated heterocycles. The highest BCUT2D eigenvalue weighted by Gasteiger charge is 2.19. The van der Waals surface area contributed by atoms with Gasteiger partial charge in [-0.2, -0.15) is 0 Å². The lowest BCUT2D eigenvalue weighted by atomic mass is 10.1. The fourth-order valence-electron chi connectivity index (χ4n) is 2.76. The molecule has 0 fully saturated rings. The number of aromatic nitrogens is 3. The Morgan fingerprint density at radius 1 is 1.31 bits per heavy atom. The molecular weight excluding hydrogens is 350 g/mol. The van der Waals surface area contributed by atoms with Crippen LogP contribution in [0.4, 0.5) is 0 Å². The fraction of sp³-hybridized carbons (Fsp3) is 0.263. The van der Waals surface area contributed by atoms with Crippen LogP contribution in [0, 0.1) is 12.8 Å². The van der Waals surface area contributed by atoms with E-state index in [2.05, 4.69) is 9.97 Å². The van der Waals surface area contributed by atoms with Gasteiger partial charge in [0.15, 0.2) is 0 Å². The number of carboxylic acid groups (broad SMARTS) is 1. The summed E-state index contributed by atoms with van der Waals surface area (Å²) in [5, 5.41) is 12.1. The first-order valence-electron chi connectivity index (χ1n) is 8.22. The number of hydrogen-bond donors (Lipinski definition) is 1. The predicted molar refractivity (Wildman–Crippen MR) is 102 cm³/mol. The molecule has 3 aromatic heterocycles. The van der Waals surface area contributed by atoms with Crippen LogP contribution in [0.1, 0.15) is 29.9 Å². The third-order valence-electron chi connectivity index (χ3n) is 4.04. The highest BCUT2D eigenvalue weighted by molar-refractivity contribution is 7.13. The van der Waals surface area contributed by atoms with E-state index in [1.165, 1.54) is 22.0 Å². The second-order valence-electron chi connectivity index (χ2n) is 6.45. The van der Waals surface area contributed by atoms with E-state index in [9.17, 15) is 14.7 Å². The molecule has 3 rings (SSSR count). The number of hydrogen-bond acceptors (Lipinski definition) is 5. The molecule has 0 radical (unpaired) electrons. The Kier molecular flexibility index (Phi) is 4.99. The first kappa shape index (κ1) is 18.0. The molecule has 0 atom stereocenters. The minimum Gasteiger partial charge on any atom is -0.478 e. The van der Waals surface area contributed by atoms with Gasteiger partial charge in [-0.15, -0.1) is 11.3 Å². The van der Waals surface area contributed by atoms with Crippen LogP contribution in [0.3, 0.4) is 0 Å². The molecule has 0 saturated carbocycles. The van der Waals surface area contributed by atoms with E-state index in [0.717, 1.165) is 10.6 Å². The van der Waals surface area contributed by atoms with Crippen LogP contribution in [-0.4, -0.2) is 25.6 Å². The summed E-state index contributed by atoms with van der Waals surface area (Å²) in [5.74, 6) is -0.836. The van der Waals surface area contributed by atoms with E-state index < -0.39 is 5.97 Å². The summed E-state index contributed by atoms with van der Waals surface area (Å²) in [7, 11) is 0. The first-order valence-corrected chi connectivity index (χ1v) is 9.10. The second kappa shape index (κ2) is 7.21. The van der Waals surface area contributed by atoms with E-state index in [1.807, 2.05) is 26.0 Å². The molecule has 1 N–H and O–H groups in total. The molecule has 0 spiro atoms. The number of thiazole rings is 1. The summed E-state index contributed by atoms with van der Waals surface area (Å²) in [5.41, 5.74) is 2.08. The van der Waals surface area contributed by atoms with E-state index in [0.29, 0.717) is 23.5 Å². The highest BCUT2D eigenvalue weighted by Crippen LogP contribution is 2.28. The molecule has 3 heterocycles. The maximum atomic E-state index is 13.0. The lowest BCUT2D eigenvalue weighted by Crippen LogP contribution is -2.28. The van der Waals surface area contributed by atoms with Crippen molar-refractivity contribution in [2.45, 2.75) is 27.3 Å². The van der Waals surface area contributed by atoms with Gasteiger partial charge in [-0.25, -0.2) is 9.78 Å². The van der Waals surface area contributed by atoms with Crippen molar-refractivity contribution in [2.75, 3.05) is 0 Å². The van der Waals surface area contributed by atoms with Gasteiger partial charge < -0.3 is 9.67 Å². The molecule has 134 valence electrons. The lowest BCUT2D eigenvalue weighted by Gasteiger charge is -2.16. The summed E-state index contributed by atoms with van der Waals surface area (Å²) >= 11 is 1.41. The average Bonchev–Trinajstić information content (AvgIpc) is 3.09. The number of rotatable bonds is 5. The largest absolute Gasteiger partial charge is 0.478 e. The van der Waals surface area contributed by atoms with Crippen molar-refractivity contribution in [3.8, 4) is 21.8 Å². The smallest absolute Gasteiger partial charge is 0.337 e. The molecule has 0 aliphatic heterocycles. The maximum Gasteiger partial charge on any atom is 0.337 e. The monoisotopic (exact) mass is 369 g/mol. The van der Waals surface area contributed by atoms with E-state index in [-0.39, 0.29) is 17.0 Å². The van der Waals surface area contributed by atoms with Gasteiger partial charge in [0.25, 0.3) is 5.56 Å². The first-order chi connectivity index (χ1) is 12.4. The Labute approximate surface area is 154 Å². The number of pyridine rings is 2. The minimum absolute atomic E-state index is 0.124. The standard InChI is InChI=1S/C19H19N3O3S/c1-11(2)9-22-12(3)14(19(24)25)8-15(18(22)23)16-10-26-17(21-16)13-4-6-20-7-5-13/h4-8,10-11H,9H2,1-3H3,(H,24,25). The van der Waals surface area contributed by atoms with E-state index in [4.69, 9.17) is 0 Å². The summed E-state index contributed by atoms with van der Waals surface area (Å²) in [6.07, 6.45) is 3.36. The Hall–Kier alpha value is -2.80. The van der Waals surface area contributed by atoms with Crippen LogP contribution in [0.15, 0.2) is 40.8 Å². The predicted octanol–water partition coefficient (Wildman–Crippen LogP) is 3.70. The zero-order valence-electron chi connectivity index (χ0n) is 14.8. The molecule has 0 aromatic carbocycles. The number of aromatic carboxylic acids is 1. The number of nitrogens with zero attached hydrogens (tertiary/aromatic N) is 3. The van der Waals surface area contributed by atoms with Gasteiger partial charge >= 0.3 is 5.97 Å². The highest BCUT2D eigenvalue weighted by atomic mass is 32.1. The summed E-state index contributed by atoms with van der Waals surface area (Å²) in [6, 6.07) is 5.12. The van der Waals surface area contributed by atoms with Gasteiger partial charge in [0.05, 0.1) is 16.8 Å². The molecule has 0 bridgehead atoms. The van der Waals surface area contributed by atoms with Crippen molar-refractivity contribution in [2.24, 2.45) is 5.92 Å². The van der Waals surface area contributed by atoms with Crippen molar-refractivity contribution in [1.82, 2.24) is 14.5 Å². The molecule has 3 aromatic rings. The quantitative estimate of drug-likeness (QED) is 0.741. The van der Waals surface area contributed by atoms with Crippen LogP contribution < -0.4 is 5.56 Å². The number of carbonyl (C=O) groups is 1. The SMILES string of the molecule is Cc1c(C(=O)O)cc(-c2csc(-c3ccncc3)n2)c(=O)n1CC(C)C. The molecule has 6 nitrogen and oxygen atoms in total. The topological polar surface area (TPSA) is 85.1 Å². The zero-order valence-corrected chi connectivity index (χ0v) is 15.6. The van der Waals surface area contributed by atoms with E-state index in [1.54, 1.807) is 24.7 Å². The maximum absolute atomic E-state index is 13.0. The van der Waals surface area contributed by atoms with Gasteiger partial charge in [0, 0.05) is 35.6 Å². The van der Waals surface area contributed by atoms with Crippen LogP contribution in [0.5, 0.6) is 0 Å². The fourth-order valence-corrected chi connectivity index (χ4v) is 3.59. The lowest BCUT2D eigenvalue weighted by molar-refractivity contribution is 0.0694. The Balaban J connectivity index is 2.16. The van der Waals surface area contributed by atoms with Crippen molar-refractivity contribution in [1.29, 1.82) is 0 Å². The van der Waals surface area contributed by atoms with Gasteiger partial charge in [0.2, 0.25) is 0 Å². The van der Waals surface area contributed by atoms with Crippen LogP contribution in [-0.2, 0) is 6.54 Å². The minimum atomic E-state index is -1.05. The van der Waals surface area contributed by atoms with Crippen LogP contribution in [0.2, 0.25) is 0 Å². The molecule has 26 heavy (non-hydrogen) atoms. The van der Waals surface area contributed by atoms with Crippen LogP contribution in [0.25, 0.3) is 21.8 Å². The molecule has 0 aliphatic rings. The Morgan fingerprint density at radius 2 is 2.00 bits per heavy atom. The molecule has 0 aliphatic carbocycles. The summed E-state index contributed by atoms with van der Waals surface area (Å²) in [6.45, 7) is 6.10.